The Bertz CT molecular complexity index is 450. The number of likely N-dealkylation sites (N-methyl/N-ethyl adjacent to an activating group) is 1. The molecule has 0 amide bonds. The minimum atomic E-state index is 0.0282. The molecule has 2 rings (SSSR count). The molecule has 3 heteroatoms. The van der Waals surface area contributed by atoms with Gasteiger partial charge in [0.2, 0.25) is 0 Å². The highest BCUT2D eigenvalue weighted by atomic mass is 16.5. The smallest absolute Gasteiger partial charge is 0.119 e. The van der Waals surface area contributed by atoms with E-state index in [1.54, 1.807) is 0 Å². The minimum absolute atomic E-state index is 0.0282. The highest BCUT2D eigenvalue weighted by molar-refractivity contribution is 5.32. The molecule has 0 aromatic heterocycles. The average Bonchev–Trinajstić information content (AvgIpc) is 2.48. The van der Waals surface area contributed by atoms with Gasteiger partial charge in [0, 0.05) is 11.6 Å². The summed E-state index contributed by atoms with van der Waals surface area (Å²) in [7, 11) is 4.34. The lowest BCUT2D eigenvalue weighted by Crippen LogP contribution is -2.54. The van der Waals surface area contributed by atoms with Crippen molar-refractivity contribution in [1.82, 2.24) is 4.90 Å². The van der Waals surface area contributed by atoms with Crippen LogP contribution in [0.3, 0.4) is 0 Å². The Morgan fingerprint density at radius 1 is 1.33 bits per heavy atom. The molecular formula is C18H30N2O. The molecule has 0 bridgehead atoms. The van der Waals surface area contributed by atoms with Crippen molar-refractivity contribution in [2.45, 2.75) is 51.1 Å². The van der Waals surface area contributed by atoms with E-state index < -0.39 is 0 Å². The monoisotopic (exact) mass is 290 g/mol. The standard InChI is InChI=1S/C18H30N2O/c1-5-21-16-8-6-7-15(13-16)17(19)18(20(3)4)11-9-14(2)10-12-18/h6-8,13-14,17H,5,9-12,19H2,1-4H3. The zero-order valence-corrected chi connectivity index (χ0v) is 13.9. The summed E-state index contributed by atoms with van der Waals surface area (Å²) in [6.45, 7) is 5.05. The molecule has 1 aromatic rings. The molecule has 1 aromatic carbocycles. The van der Waals surface area contributed by atoms with Crippen LogP contribution in [0.4, 0.5) is 0 Å². The molecule has 1 fully saturated rings. The second kappa shape index (κ2) is 6.80. The molecule has 1 saturated carbocycles. The zero-order valence-electron chi connectivity index (χ0n) is 13.9. The van der Waals surface area contributed by atoms with Gasteiger partial charge in [0.05, 0.1) is 6.61 Å². The summed E-state index contributed by atoms with van der Waals surface area (Å²) >= 11 is 0. The van der Waals surface area contributed by atoms with Gasteiger partial charge in [0.15, 0.2) is 0 Å². The summed E-state index contributed by atoms with van der Waals surface area (Å²) in [6.07, 6.45) is 4.86. The number of benzene rings is 1. The average molecular weight is 290 g/mol. The lowest BCUT2D eigenvalue weighted by molar-refractivity contribution is 0.0564. The number of nitrogens with two attached hydrogens (primary N) is 1. The summed E-state index contributed by atoms with van der Waals surface area (Å²) < 4.78 is 5.63. The second-order valence-electron chi connectivity index (χ2n) is 6.66. The van der Waals surface area contributed by atoms with Gasteiger partial charge >= 0.3 is 0 Å². The van der Waals surface area contributed by atoms with Gasteiger partial charge in [-0.15, -0.1) is 0 Å². The number of hydrogen-bond donors (Lipinski definition) is 1. The van der Waals surface area contributed by atoms with Crippen LogP contribution in [0.15, 0.2) is 24.3 Å². The molecule has 0 saturated heterocycles. The van der Waals surface area contributed by atoms with E-state index in [1.807, 2.05) is 13.0 Å². The Hall–Kier alpha value is -1.06. The van der Waals surface area contributed by atoms with E-state index in [-0.39, 0.29) is 11.6 Å². The van der Waals surface area contributed by atoms with Gasteiger partial charge in [-0.05, 0) is 70.3 Å². The molecule has 1 aliphatic carbocycles. The first-order chi connectivity index (χ1) is 9.99. The Balaban J connectivity index is 2.26. The van der Waals surface area contributed by atoms with Crippen LogP contribution >= 0.6 is 0 Å². The molecule has 3 nitrogen and oxygen atoms in total. The quantitative estimate of drug-likeness (QED) is 0.900. The fourth-order valence-electron chi connectivity index (χ4n) is 3.57. The predicted octanol–water partition coefficient (Wildman–Crippen LogP) is 3.60. The normalized spacial score (nSPS) is 27.6. The first-order valence-electron chi connectivity index (χ1n) is 8.15. The lowest BCUT2D eigenvalue weighted by Gasteiger charge is -2.48. The SMILES string of the molecule is CCOc1cccc(C(N)C2(N(C)C)CCC(C)CC2)c1. The fourth-order valence-corrected chi connectivity index (χ4v) is 3.57. The van der Waals surface area contributed by atoms with Crippen LogP contribution in [0, 0.1) is 5.92 Å². The van der Waals surface area contributed by atoms with Crippen molar-refractivity contribution in [1.29, 1.82) is 0 Å². The highest BCUT2D eigenvalue weighted by Gasteiger charge is 2.42. The molecule has 0 radical (unpaired) electrons. The molecular weight excluding hydrogens is 260 g/mol. The van der Waals surface area contributed by atoms with E-state index in [0.29, 0.717) is 6.61 Å². The summed E-state index contributed by atoms with van der Waals surface area (Å²) in [5.74, 6) is 1.74. The highest BCUT2D eigenvalue weighted by Crippen LogP contribution is 2.42. The van der Waals surface area contributed by atoms with E-state index in [9.17, 15) is 0 Å². The van der Waals surface area contributed by atoms with Crippen molar-refractivity contribution in [2.24, 2.45) is 11.7 Å². The van der Waals surface area contributed by atoms with Gasteiger partial charge in [-0.1, -0.05) is 19.1 Å². The van der Waals surface area contributed by atoms with Gasteiger partial charge in [0.1, 0.15) is 5.75 Å². The van der Waals surface area contributed by atoms with Gasteiger partial charge < -0.3 is 15.4 Å². The van der Waals surface area contributed by atoms with Gasteiger partial charge in [-0.25, -0.2) is 0 Å². The first kappa shape index (κ1) is 16.3. The zero-order chi connectivity index (χ0) is 15.5. The third kappa shape index (κ3) is 3.41. The van der Waals surface area contributed by atoms with Crippen LogP contribution in [-0.4, -0.2) is 31.1 Å². The van der Waals surface area contributed by atoms with Crippen molar-refractivity contribution in [3.05, 3.63) is 29.8 Å². The van der Waals surface area contributed by atoms with Crippen LogP contribution in [0.2, 0.25) is 0 Å². The summed E-state index contributed by atoms with van der Waals surface area (Å²) in [4.78, 5) is 2.34. The third-order valence-corrected chi connectivity index (χ3v) is 5.14. The van der Waals surface area contributed by atoms with E-state index in [0.717, 1.165) is 11.7 Å². The maximum atomic E-state index is 6.72. The molecule has 21 heavy (non-hydrogen) atoms. The van der Waals surface area contributed by atoms with Crippen LogP contribution in [-0.2, 0) is 0 Å². The summed E-state index contributed by atoms with van der Waals surface area (Å²) in [6, 6.07) is 8.33. The van der Waals surface area contributed by atoms with Crippen LogP contribution in [0.25, 0.3) is 0 Å². The number of ether oxygens (including phenoxy) is 1. The Labute approximate surface area is 129 Å². The molecule has 1 aliphatic rings. The van der Waals surface area contributed by atoms with Crippen molar-refractivity contribution < 1.29 is 4.74 Å². The molecule has 2 N–H and O–H groups in total. The maximum Gasteiger partial charge on any atom is 0.119 e. The van der Waals surface area contributed by atoms with E-state index >= 15 is 0 Å². The van der Waals surface area contributed by atoms with Crippen LogP contribution in [0.5, 0.6) is 5.75 Å². The van der Waals surface area contributed by atoms with E-state index in [4.69, 9.17) is 10.5 Å². The topological polar surface area (TPSA) is 38.5 Å². The predicted molar refractivity (Wildman–Crippen MR) is 88.6 cm³/mol. The lowest BCUT2D eigenvalue weighted by atomic mass is 9.70. The Morgan fingerprint density at radius 2 is 2.00 bits per heavy atom. The second-order valence-corrected chi connectivity index (χ2v) is 6.66. The van der Waals surface area contributed by atoms with Crippen LogP contribution < -0.4 is 10.5 Å². The van der Waals surface area contributed by atoms with Gasteiger partial charge in [-0.2, -0.15) is 0 Å². The van der Waals surface area contributed by atoms with Crippen molar-refractivity contribution in [3.8, 4) is 5.75 Å². The van der Waals surface area contributed by atoms with E-state index in [1.165, 1.54) is 31.2 Å². The van der Waals surface area contributed by atoms with Gasteiger partial charge in [-0.3, -0.25) is 0 Å². The van der Waals surface area contributed by atoms with E-state index in [2.05, 4.69) is 44.1 Å². The van der Waals surface area contributed by atoms with Gasteiger partial charge in [0.25, 0.3) is 0 Å². The fraction of sp³-hybridized carbons (Fsp3) is 0.667. The first-order valence-corrected chi connectivity index (χ1v) is 8.15. The molecule has 0 aliphatic heterocycles. The Morgan fingerprint density at radius 3 is 2.57 bits per heavy atom. The van der Waals surface area contributed by atoms with Crippen molar-refractivity contribution >= 4 is 0 Å². The molecule has 118 valence electrons. The molecule has 1 atom stereocenters. The number of hydrogen-bond acceptors (Lipinski definition) is 3. The molecule has 0 heterocycles. The summed E-state index contributed by atoms with van der Waals surface area (Å²) in [5, 5.41) is 0. The minimum Gasteiger partial charge on any atom is -0.494 e. The van der Waals surface area contributed by atoms with Crippen molar-refractivity contribution in [2.75, 3.05) is 20.7 Å². The largest absolute Gasteiger partial charge is 0.494 e. The molecule has 1 unspecified atom stereocenters. The third-order valence-electron chi connectivity index (χ3n) is 5.14. The number of rotatable bonds is 5. The number of nitrogens with zero attached hydrogens (tertiary/aromatic N) is 1. The van der Waals surface area contributed by atoms with Crippen LogP contribution in [0.1, 0.15) is 51.1 Å². The molecule has 0 spiro atoms. The maximum absolute atomic E-state index is 6.72. The Kier molecular flexibility index (Phi) is 5.28. The van der Waals surface area contributed by atoms with Crippen molar-refractivity contribution in [3.63, 3.8) is 0 Å². The summed E-state index contributed by atoms with van der Waals surface area (Å²) in [5.41, 5.74) is 7.97.